The first-order chi connectivity index (χ1) is 7.38. The average molecular weight is 205 g/mol. The number of rotatable bonds is 2. The molecule has 3 rings (SSSR count). The van der Waals surface area contributed by atoms with Gasteiger partial charge in [0.05, 0.1) is 12.6 Å². The van der Waals surface area contributed by atoms with Gasteiger partial charge in [0.25, 0.3) is 0 Å². The van der Waals surface area contributed by atoms with Crippen LogP contribution in [0.4, 0.5) is 0 Å². The molecule has 82 valence electrons. The van der Waals surface area contributed by atoms with Gasteiger partial charge in [0.15, 0.2) is 0 Å². The van der Waals surface area contributed by atoms with Crippen LogP contribution in [-0.2, 0) is 4.74 Å². The molecular weight excluding hydrogens is 186 g/mol. The maximum absolute atomic E-state index is 5.87. The molecule has 0 aromatic carbocycles. The third kappa shape index (κ3) is 1.20. The number of hydrogen-bond acceptors (Lipinski definition) is 2. The zero-order chi connectivity index (χ0) is 10.3. The minimum atomic E-state index is 0.511. The normalized spacial score (nSPS) is 39.9. The lowest BCUT2D eigenvalue weighted by Crippen LogP contribution is -2.71. The Labute approximate surface area is 91.8 Å². The van der Waals surface area contributed by atoms with Gasteiger partial charge in [-0.2, -0.15) is 0 Å². The SMILES string of the molecule is CC#CCNC1C2CCOC2C12CCC2. The molecule has 1 heterocycles. The first-order valence-corrected chi connectivity index (χ1v) is 6.13. The molecule has 0 aromatic heterocycles. The van der Waals surface area contributed by atoms with Crippen molar-refractivity contribution in [3.8, 4) is 11.8 Å². The summed E-state index contributed by atoms with van der Waals surface area (Å²) in [5.41, 5.74) is 0.511. The highest BCUT2D eigenvalue weighted by atomic mass is 16.5. The molecule has 0 aromatic rings. The Morgan fingerprint density at radius 2 is 2.33 bits per heavy atom. The summed E-state index contributed by atoms with van der Waals surface area (Å²) >= 11 is 0. The predicted molar refractivity (Wildman–Crippen MR) is 59.4 cm³/mol. The van der Waals surface area contributed by atoms with Gasteiger partial charge < -0.3 is 10.1 Å². The molecule has 0 amide bonds. The molecule has 2 nitrogen and oxygen atoms in total. The highest BCUT2D eigenvalue weighted by Crippen LogP contribution is 2.62. The minimum Gasteiger partial charge on any atom is -0.377 e. The van der Waals surface area contributed by atoms with Crippen molar-refractivity contribution < 1.29 is 4.74 Å². The van der Waals surface area contributed by atoms with Gasteiger partial charge in [-0.25, -0.2) is 0 Å². The van der Waals surface area contributed by atoms with Crippen LogP contribution in [0.3, 0.4) is 0 Å². The van der Waals surface area contributed by atoms with Crippen LogP contribution >= 0.6 is 0 Å². The molecule has 3 atom stereocenters. The van der Waals surface area contributed by atoms with Crippen molar-refractivity contribution in [1.29, 1.82) is 0 Å². The van der Waals surface area contributed by atoms with Gasteiger partial charge in [0, 0.05) is 24.0 Å². The topological polar surface area (TPSA) is 21.3 Å². The monoisotopic (exact) mass is 205 g/mol. The summed E-state index contributed by atoms with van der Waals surface area (Å²) in [7, 11) is 0. The van der Waals surface area contributed by atoms with Crippen LogP contribution in [0.15, 0.2) is 0 Å². The number of ether oxygens (including phenoxy) is 1. The van der Waals surface area contributed by atoms with Gasteiger partial charge in [0.1, 0.15) is 0 Å². The third-order valence-corrected chi connectivity index (χ3v) is 4.62. The molecule has 15 heavy (non-hydrogen) atoms. The lowest BCUT2D eigenvalue weighted by Gasteiger charge is -2.63. The van der Waals surface area contributed by atoms with Gasteiger partial charge in [0.2, 0.25) is 0 Å². The summed E-state index contributed by atoms with van der Waals surface area (Å²) < 4.78 is 5.87. The smallest absolute Gasteiger partial charge is 0.0690 e. The fraction of sp³-hybridized carbons (Fsp3) is 0.846. The van der Waals surface area contributed by atoms with E-state index >= 15 is 0 Å². The van der Waals surface area contributed by atoms with Crippen LogP contribution in [-0.4, -0.2) is 25.3 Å². The summed E-state index contributed by atoms with van der Waals surface area (Å²) in [6.07, 6.45) is 5.96. The molecule has 2 aliphatic carbocycles. The van der Waals surface area contributed by atoms with E-state index in [1.165, 1.54) is 25.7 Å². The van der Waals surface area contributed by atoms with Gasteiger partial charge in [-0.15, -0.1) is 5.92 Å². The fourth-order valence-corrected chi connectivity index (χ4v) is 3.81. The second-order valence-electron chi connectivity index (χ2n) is 5.12. The predicted octanol–water partition coefficient (Wildman–Crippen LogP) is 1.56. The summed E-state index contributed by atoms with van der Waals surface area (Å²) in [5.74, 6) is 6.84. The minimum absolute atomic E-state index is 0.511. The van der Waals surface area contributed by atoms with Crippen molar-refractivity contribution in [3.05, 3.63) is 0 Å². The van der Waals surface area contributed by atoms with Crippen molar-refractivity contribution >= 4 is 0 Å². The Kier molecular flexibility index (Phi) is 2.26. The lowest BCUT2D eigenvalue weighted by atomic mass is 9.46. The first kappa shape index (κ1) is 9.69. The van der Waals surface area contributed by atoms with Crippen LogP contribution in [0.2, 0.25) is 0 Å². The van der Waals surface area contributed by atoms with E-state index in [0.717, 1.165) is 19.1 Å². The van der Waals surface area contributed by atoms with Crippen LogP contribution in [0, 0.1) is 23.2 Å². The Morgan fingerprint density at radius 1 is 1.47 bits per heavy atom. The molecule has 2 heteroatoms. The maximum atomic E-state index is 5.87. The van der Waals surface area contributed by atoms with Crippen LogP contribution in [0.1, 0.15) is 32.6 Å². The van der Waals surface area contributed by atoms with Crippen molar-refractivity contribution in [2.24, 2.45) is 11.3 Å². The molecule has 0 bridgehead atoms. The summed E-state index contributed by atoms with van der Waals surface area (Å²) in [4.78, 5) is 0. The zero-order valence-electron chi connectivity index (χ0n) is 9.38. The Bertz CT molecular complexity index is 310. The molecular formula is C13H19NO. The number of fused-ring (bicyclic) bond motifs is 2. The van der Waals surface area contributed by atoms with Crippen molar-refractivity contribution in [1.82, 2.24) is 5.32 Å². The standard InChI is InChI=1S/C13H19NO/c1-2-3-8-14-11-10-5-9-15-12(10)13(11)6-4-7-13/h10-12,14H,4-9H2,1H3. The third-order valence-electron chi connectivity index (χ3n) is 4.62. The molecule has 3 unspecified atom stereocenters. The van der Waals surface area contributed by atoms with E-state index in [1.54, 1.807) is 0 Å². The van der Waals surface area contributed by atoms with E-state index in [9.17, 15) is 0 Å². The Hall–Kier alpha value is -0.520. The summed E-state index contributed by atoms with van der Waals surface area (Å²) in [6.45, 7) is 3.74. The Morgan fingerprint density at radius 3 is 3.00 bits per heavy atom. The molecule has 1 saturated heterocycles. The first-order valence-electron chi connectivity index (χ1n) is 6.13. The zero-order valence-corrected chi connectivity index (χ0v) is 9.38. The second kappa shape index (κ2) is 3.50. The quantitative estimate of drug-likeness (QED) is 0.691. The number of nitrogens with one attached hydrogen (secondary N) is 1. The molecule has 2 saturated carbocycles. The van der Waals surface area contributed by atoms with Crippen molar-refractivity contribution in [2.75, 3.05) is 13.2 Å². The van der Waals surface area contributed by atoms with E-state index in [0.29, 0.717) is 17.6 Å². The fourth-order valence-electron chi connectivity index (χ4n) is 3.81. The maximum Gasteiger partial charge on any atom is 0.0690 e. The highest BCUT2D eigenvalue weighted by molar-refractivity contribution is 5.19. The van der Waals surface area contributed by atoms with E-state index < -0.39 is 0 Å². The molecule has 1 spiro atoms. The average Bonchev–Trinajstić information content (AvgIpc) is 2.55. The summed E-state index contributed by atoms with van der Waals surface area (Å²) in [5, 5.41) is 3.63. The van der Waals surface area contributed by atoms with Crippen LogP contribution in [0.5, 0.6) is 0 Å². The largest absolute Gasteiger partial charge is 0.377 e. The second-order valence-corrected chi connectivity index (χ2v) is 5.12. The van der Waals surface area contributed by atoms with Gasteiger partial charge >= 0.3 is 0 Å². The van der Waals surface area contributed by atoms with Crippen LogP contribution < -0.4 is 5.32 Å². The van der Waals surface area contributed by atoms with Gasteiger partial charge in [-0.3, -0.25) is 0 Å². The van der Waals surface area contributed by atoms with Crippen molar-refractivity contribution in [3.63, 3.8) is 0 Å². The Balaban J connectivity index is 1.67. The van der Waals surface area contributed by atoms with Gasteiger partial charge in [-0.05, 0) is 26.2 Å². The lowest BCUT2D eigenvalue weighted by molar-refractivity contribution is -0.175. The van der Waals surface area contributed by atoms with E-state index in [2.05, 4.69) is 17.2 Å². The number of hydrogen-bond donors (Lipinski definition) is 1. The van der Waals surface area contributed by atoms with Gasteiger partial charge in [-0.1, -0.05) is 12.3 Å². The van der Waals surface area contributed by atoms with Crippen molar-refractivity contribution in [2.45, 2.75) is 44.8 Å². The van der Waals surface area contributed by atoms with E-state index in [-0.39, 0.29) is 0 Å². The molecule has 3 fully saturated rings. The van der Waals surface area contributed by atoms with E-state index in [1.807, 2.05) is 6.92 Å². The highest BCUT2D eigenvalue weighted by Gasteiger charge is 2.66. The van der Waals surface area contributed by atoms with Crippen LogP contribution in [0.25, 0.3) is 0 Å². The molecule has 0 radical (unpaired) electrons. The molecule has 1 N–H and O–H groups in total. The summed E-state index contributed by atoms with van der Waals surface area (Å²) in [6, 6.07) is 0.694. The molecule has 1 aliphatic heterocycles. The van der Waals surface area contributed by atoms with E-state index in [4.69, 9.17) is 4.74 Å². The molecule has 3 aliphatic rings.